The monoisotopic (exact) mass is 121 g/mol. The molecular formula is C4H11NOS. The van der Waals surface area contributed by atoms with Crippen LogP contribution in [0.25, 0.3) is 0 Å². The smallest absolute Gasteiger partial charge is 0.111 e. The van der Waals surface area contributed by atoms with Crippen molar-refractivity contribution in [3.63, 3.8) is 0 Å². The van der Waals surface area contributed by atoms with Gasteiger partial charge in [0.25, 0.3) is 0 Å². The summed E-state index contributed by atoms with van der Waals surface area (Å²) in [5, 5.41) is 11.5. The highest BCUT2D eigenvalue weighted by Crippen LogP contribution is 1.93. The van der Waals surface area contributed by atoms with Crippen LogP contribution in [-0.4, -0.2) is 23.6 Å². The van der Waals surface area contributed by atoms with Gasteiger partial charge in [0.2, 0.25) is 0 Å². The molecule has 44 valence electrons. The molecule has 0 fully saturated rings. The van der Waals surface area contributed by atoms with Crippen LogP contribution in [-0.2, 0) is 0 Å². The quantitative estimate of drug-likeness (QED) is 0.350. The fraction of sp³-hybridized carbons (Fsp3) is 1.00. The fourth-order valence-corrected chi connectivity index (χ4v) is 0.298. The minimum absolute atomic E-state index is 0.0725. The van der Waals surface area contributed by atoms with Crippen molar-refractivity contribution in [2.45, 2.75) is 18.4 Å². The van der Waals surface area contributed by atoms with Gasteiger partial charge in [-0.2, -0.15) is 0 Å². The van der Waals surface area contributed by atoms with Gasteiger partial charge in [0.05, 0.1) is 0 Å². The molecule has 0 aliphatic heterocycles. The number of hydrogen-bond donors (Lipinski definition) is 3. The molecule has 7 heavy (non-hydrogen) atoms. The number of likely N-dealkylation sites (N-methyl/N-ethyl adjacent to an activating group) is 1. The van der Waals surface area contributed by atoms with E-state index in [9.17, 15) is 0 Å². The predicted octanol–water partition coefficient (Wildman–Crippen LogP) is -0.158. The van der Waals surface area contributed by atoms with E-state index in [-0.39, 0.29) is 6.04 Å². The Morgan fingerprint density at radius 3 is 2.14 bits per heavy atom. The molecule has 2 atom stereocenters. The Balaban J connectivity index is 3.14. The highest BCUT2D eigenvalue weighted by atomic mass is 32.1. The summed E-state index contributed by atoms with van der Waals surface area (Å²) in [7, 11) is 1.78. The van der Waals surface area contributed by atoms with Crippen molar-refractivity contribution in [1.29, 1.82) is 0 Å². The topological polar surface area (TPSA) is 32.3 Å². The van der Waals surface area contributed by atoms with Crippen LogP contribution in [0.1, 0.15) is 6.92 Å². The van der Waals surface area contributed by atoms with Crippen LogP contribution in [0.2, 0.25) is 0 Å². The van der Waals surface area contributed by atoms with Crippen LogP contribution < -0.4 is 5.32 Å². The molecule has 0 rings (SSSR count). The number of nitrogens with one attached hydrogen (secondary N) is 1. The van der Waals surface area contributed by atoms with E-state index in [4.69, 9.17) is 5.11 Å². The zero-order chi connectivity index (χ0) is 5.86. The Labute approximate surface area is 49.3 Å². The van der Waals surface area contributed by atoms with E-state index in [2.05, 4.69) is 17.9 Å². The summed E-state index contributed by atoms with van der Waals surface area (Å²) in [5.41, 5.74) is -0.551. The van der Waals surface area contributed by atoms with Gasteiger partial charge in [0.1, 0.15) is 5.44 Å². The zero-order valence-corrected chi connectivity index (χ0v) is 5.44. The molecule has 0 radical (unpaired) electrons. The number of rotatable bonds is 2. The van der Waals surface area contributed by atoms with Crippen LogP contribution in [0.3, 0.4) is 0 Å². The highest BCUT2D eigenvalue weighted by molar-refractivity contribution is 7.80. The van der Waals surface area contributed by atoms with Gasteiger partial charge >= 0.3 is 0 Å². The van der Waals surface area contributed by atoms with E-state index in [0.29, 0.717) is 0 Å². The van der Waals surface area contributed by atoms with Crippen LogP contribution in [0.5, 0.6) is 0 Å². The predicted molar refractivity (Wildman–Crippen MR) is 33.5 cm³/mol. The first-order chi connectivity index (χ1) is 3.18. The molecule has 2 unspecified atom stereocenters. The van der Waals surface area contributed by atoms with Gasteiger partial charge in [-0.05, 0) is 14.0 Å². The Kier molecular flexibility index (Phi) is 3.42. The van der Waals surface area contributed by atoms with E-state index in [1.807, 2.05) is 6.92 Å². The molecule has 2 nitrogen and oxygen atoms in total. The Morgan fingerprint density at radius 1 is 1.71 bits per heavy atom. The second-order valence-electron chi connectivity index (χ2n) is 1.49. The van der Waals surface area contributed by atoms with E-state index in [0.717, 1.165) is 0 Å². The minimum Gasteiger partial charge on any atom is -0.381 e. The molecule has 0 bridgehead atoms. The van der Waals surface area contributed by atoms with Gasteiger partial charge in [-0.15, -0.1) is 12.6 Å². The molecule has 0 aliphatic rings. The molecule has 0 amide bonds. The molecule has 0 aromatic heterocycles. The van der Waals surface area contributed by atoms with Crippen molar-refractivity contribution < 1.29 is 5.11 Å². The van der Waals surface area contributed by atoms with E-state index < -0.39 is 5.44 Å². The van der Waals surface area contributed by atoms with Gasteiger partial charge in [0.15, 0.2) is 0 Å². The maximum absolute atomic E-state index is 8.62. The SMILES string of the molecule is CNC(C)C(O)S. The molecule has 2 N–H and O–H groups in total. The van der Waals surface area contributed by atoms with Crippen molar-refractivity contribution in [2.75, 3.05) is 7.05 Å². The summed E-state index contributed by atoms with van der Waals surface area (Å²) in [4.78, 5) is 0. The maximum Gasteiger partial charge on any atom is 0.111 e. The summed E-state index contributed by atoms with van der Waals surface area (Å²) in [5.74, 6) is 0. The van der Waals surface area contributed by atoms with E-state index >= 15 is 0 Å². The first kappa shape index (κ1) is 7.27. The molecule has 0 aromatic carbocycles. The molecule has 0 saturated carbocycles. The zero-order valence-electron chi connectivity index (χ0n) is 4.55. The van der Waals surface area contributed by atoms with E-state index in [1.54, 1.807) is 7.05 Å². The van der Waals surface area contributed by atoms with Gasteiger partial charge in [-0.25, -0.2) is 0 Å². The average molecular weight is 121 g/mol. The van der Waals surface area contributed by atoms with Gasteiger partial charge in [-0.3, -0.25) is 0 Å². The van der Waals surface area contributed by atoms with Crippen molar-refractivity contribution >= 4 is 12.6 Å². The fourth-order valence-electron chi connectivity index (χ4n) is 0.149. The third-order valence-corrected chi connectivity index (χ3v) is 1.35. The summed E-state index contributed by atoms with van der Waals surface area (Å²) in [6.45, 7) is 1.86. The highest BCUT2D eigenvalue weighted by Gasteiger charge is 2.03. The normalized spacial score (nSPS) is 18.9. The van der Waals surface area contributed by atoms with Crippen molar-refractivity contribution in [3.8, 4) is 0 Å². The Morgan fingerprint density at radius 2 is 2.14 bits per heavy atom. The Bertz CT molecular complexity index is 49.0. The summed E-state index contributed by atoms with van der Waals surface area (Å²) < 4.78 is 0. The van der Waals surface area contributed by atoms with Crippen molar-refractivity contribution in [1.82, 2.24) is 5.32 Å². The van der Waals surface area contributed by atoms with E-state index in [1.165, 1.54) is 0 Å². The number of thiol groups is 1. The molecule has 0 spiro atoms. The standard InChI is InChI=1S/C4H11NOS/c1-3(5-2)4(6)7/h3-7H,1-2H3. The summed E-state index contributed by atoms with van der Waals surface area (Å²) >= 11 is 3.77. The van der Waals surface area contributed by atoms with Crippen molar-refractivity contribution in [3.05, 3.63) is 0 Å². The second-order valence-corrected chi connectivity index (χ2v) is 2.02. The lowest BCUT2D eigenvalue weighted by Crippen LogP contribution is -2.30. The molecule has 3 heteroatoms. The van der Waals surface area contributed by atoms with Crippen LogP contribution >= 0.6 is 12.6 Å². The van der Waals surface area contributed by atoms with Crippen LogP contribution in [0.15, 0.2) is 0 Å². The van der Waals surface area contributed by atoms with Gasteiger partial charge in [0, 0.05) is 6.04 Å². The summed E-state index contributed by atoms with van der Waals surface area (Å²) in [6, 6.07) is 0.0725. The molecule has 0 aliphatic carbocycles. The molecular weight excluding hydrogens is 110 g/mol. The first-order valence-corrected chi connectivity index (χ1v) is 2.73. The third-order valence-electron chi connectivity index (χ3n) is 0.903. The average Bonchev–Trinajstić information content (AvgIpc) is 1.65. The van der Waals surface area contributed by atoms with Gasteiger partial charge < -0.3 is 10.4 Å². The lowest BCUT2D eigenvalue weighted by atomic mass is 10.4. The summed E-state index contributed by atoms with van der Waals surface area (Å²) in [6.07, 6.45) is 0. The maximum atomic E-state index is 8.62. The third kappa shape index (κ3) is 2.91. The second kappa shape index (κ2) is 3.29. The molecule has 0 saturated heterocycles. The largest absolute Gasteiger partial charge is 0.381 e. The van der Waals surface area contributed by atoms with Gasteiger partial charge in [-0.1, -0.05) is 0 Å². The lowest BCUT2D eigenvalue weighted by molar-refractivity contribution is 0.225. The number of aliphatic hydroxyl groups excluding tert-OH is 1. The first-order valence-electron chi connectivity index (χ1n) is 2.22. The van der Waals surface area contributed by atoms with Crippen LogP contribution in [0.4, 0.5) is 0 Å². The minimum atomic E-state index is -0.551. The molecule has 0 aromatic rings. The lowest BCUT2D eigenvalue weighted by Gasteiger charge is -2.10. The number of aliphatic hydroxyl groups is 1. The van der Waals surface area contributed by atoms with Crippen LogP contribution in [0, 0.1) is 0 Å². The molecule has 0 heterocycles. The Hall–Kier alpha value is 0.270. The number of hydrogen-bond acceptors (Lipinski definition) is 3. The van der Waals surface area contributed by atoms with Crippen molar-refractivity contribution in [2.24, 2.45) is 0 Å².